The van der Waals surface area contributed by atoms with Gasteiger partial charge in [-0.25, -0.2) is 16.8 Å². The topological polar surface area (TPSA) is 80.3 Å². The molecular formula is C10H14ClNO4S2. The molecule has 0 saturated heterocycles. The van der Waals surface area contributed by atoms with Gasteiger partial charge < -0.3 is 0 Å². The van der Waals surface area contributed by atoms with Crippen molar-refractivity contribution in [2.24, 2.45) is 0 Å². The van der Waals surface area contributed by atoms with Gasteiger partial charge in [0.15, 0.2) is 9.84 Å². The summed E-state index contributed by atoms with van der Waals surface area (Å²) in [4.78, 5) is 0.0149. The summed E-state index contributed by atoms with van der Waals surface area (Å²) in [6.07, 6.45) is 1.50. The van der Waals surface area contributed by atoms with E-state index in [-0.39, 0.29) is 21.4 Å². The average Bonchev–Trinajstić information content (AvgIpc) is 2.19. The molecule has 1 aromatic carbocycles. The van der Waals surface area contributed by atoms with Crippen molar-refractivity contribution >= 4 is 37.1 Å². The molecule has 0 unspecified atom stereocenters. The molecule has 0 aliphatic rings. The second-order valence-electron chi connectivity index (χ2n) is 3.83. The van der Waals surface area contributed by atoms with Crippen molar-refractivity contribution in [2.45, 2.75) is 18.2 Å². The van der Waals surface area contributed by atoms with E-state index in [0.29, 0.717) is 6.42 Å². The second kappa shape index (κ2) is 5.46. The summed E-state index contributed by atoms with van der Waals surface area (Å²) in [5, 5.41) is 0.155. The molecule has 5 nitrogen and oxygen atoms in total. The highest BCUT2D eigenvalue weighted by atomic mass is 35.5. The standard InChI is InChI=1S/C10H14ClNO4S2/c1-3-6-18(15,16)12-10-7-8(17(2,13)14)4-5-9(10)11/h4-5,7,12H,3,6H2,1-2H3. The zero-order valence-electron chi connectivity index (χ0n) is 9.97. The molecule has 0 fully saturated rings. The first-order chi connectivity index (χ1) is 8.15. The monoisotopic (exact) mass is 311 g/mol. The van der Waals surface area contributed by atoms with Gasteiger partial charge in [-0.05, 0) is 24.6 Å². The molecule has 102 valence electrons. The molecule has 0 aliphatic heterocycles. The number of halogens is 1. The first-order valence-electron chi connectivity index (χ1n) is 5.16. The third-order valence-electron chi connectivity index (χ3n) is 2.10. The van der Waals surface area contributed by atoms with Crippen LogP contribution in [0, 0.1) is 0 Å². The molecule has 0 amide bonds. The van der Waals surface area contributed by atoms with Gasteiger partial charge in [0.05, 0.1) is 21.4 Å². The van der Waals surface area contributed by atoms with Gasteiger partial charge in [-0.2, -0.15) is 0 Å². The lowest BCUT2D eigenvalue weighted by Crippen LogP contribution is -2.16. The SMILES string of the molecule is CCCS(=O)(=O)Nc1cc(S(C)(=O)=O)ccc1Cl. The first-order valence-corrected chi connectivity index (χ1v) is 9.08. The maximum absolute atomic E-state index is 11.6. The molecule has 0 heterocycles. The van der Waals surface area contributed by atoms with E-state index in [1.807, 2.05) is 0 Å². The van der Waals surface area contributed by atoms with E-state index in [2.05, 4.69) is 4.72 Å². The molecule has 1 rings (SSSR count). The summed E-state index contributed by atoms with van der Waals surface area (Å²) in [6, 6.07) is 3.89. The Labute approximate surface area is 112 Å². The number of hydrogen-bond acceptors (Lipinski definition) is 4. The highest BCUT2D eigenvalue weighted by Gasteiger charge is 2.14. The van der Waals surface area contributed by atoms with Gasteiger partial charge in [0, 0.05) is 6.26 Å². The predicted molar refractivity (Wildman–Crippen MR) is 72.3 cm³/mol. The largest absolute Gasteiger partial charge is 0.282 e. The highest BCUT2D eigenvalue weighted by molar-refractivity contribution is 7.92. The van der Waals surface area contributed by atoms with Crippen molar-refractivity contribution < 1.29 is 16.8 Å². The number of hydrogen-bond donors (Lipinski definition) is 1. The smallest absolute Gasteiger partial charge is 0.232 e. The fourth-order valence-electron chi connectivity index (χ4n) is 1.30. The summed E-state index contributed by atoms with van der Waals surface area (Å²) >= 11 is 5.83. The van der Waals surface area contributed by atoms with Crippen molar-refractivity contribution in [1.82, 2.24) is 0 Å². The van der Waals surface area contributed by atoms with Crippen LogP contribution in [-0.4, -0.2) is 28.8 Å². The Hall–Kier alpha value is -0.790. The van der Waals surface area contributed by atoms with Crippen LogP contribution in [-0.2, 0) is 19.9 Å². The van der Waals surface area contributed by atoms with Crippen LogP contribution < -0.4 is 4.72 Å². The quantitative estimate of drug-likeness (QED) is 0.900. The average molecular weight is 312 g/mol. The zero-order chi connectivity index (χ0) is 14.0. The molecule has 1 aromatic rings. The number of anilines is 1. The number of sulfonamides is 1. The molecule has 18 heavy (non-hydrogen) atoms. The lowest BCUT2D eigenvalue weighted by Gasteiger charge is -2.10. The van der Waals surface area contributed by atoms with Crippen LogP contribution in [0.1, 0.15) is 13.3 Å². The van der Waals surface area contributed by atoms with E-state index in [0.717, 1.165) is 6.26 Å². The van der Waals surface area contributed by atoms with Crippen molar-refractivity contribution in [3.8, 4) is 0 Å². The third kappa shape index (κ3) is 4.15. The molecule has 0 spiro atoms. The molecule has 8 heteroatoms. The van der Waals surface area contributed by atoms with Crippen LogP contribution in [0.5, 0.6) is 0 Å². The number of nitrogens with one attached hydrogen (secondary N) is 1. The molecule has 0 atom stereocenters. The number of sulfone groups is 1. The Bertz CT molecular complexity index is 638. The Morgan fingerprint density at radius 1 is 1.22 bits per heavy atom. The van der Waals surface area contributed by atoms with Gasteiger partial charge in [0.25, 0.3) is 0 Å². The highest BCUT2D eigenvalue weighted by Crippen LogP contribution is 2.26. The molecule has 1 N–H and O–H groups in total. The fourth-order valence-corrected chi connectivity index (χ4v) is 3.31. The molecule has 0 radical (unpaired) electrons. The van der Waals surface area contributed by atoms with Crippen LogP contribution in [0.3, 0.4) is 0 Å². The Kier molecular flexibility index (Phi) is 4.63. The van der Waals surface area contributed by atoms with Crippen LogP contribution in [0.2, 0.25) is 5.02 Å². The van der Waals surface area contributed by atoms with Crippen LogP contribution in [0.4, 0.5) is 5.69 Å². The minimum Gasteiger partial charge on any atom is -0.282 e. The van der Waals surface area contributed by atoms with Crippen LogP contribution in [0.15, 0.2) is 23.1 Å². The summed E-state index contributed by atoms with van der Waals surface area (Å²) < 4.78 is 48.2. The first kappa shape index (κ1) is 15.3. The minimum absolute atomic E-state index is 0.0149. The zero-order valence-corrected chi connectivity index (χ0v) is 12.4. The van der Waals surface area contributed by atoms with E-state index in [1.165, 1.54) is 18.2 Å². The van der Waals surface area contributed by atoms with Gasteiger partial charge in [0.2, 0.25) is 10.0 Å². The van der Waals surface area contributed by atoms with Gasteiger partial charge in [-0.3, -0.25) is 4.72 Å². The minimum atomic E-state index is -3.50. The van der Waals surface area contributed by atoms with Gasteiger partial charge in [-0.1, -0.05) is 18.5 Å². The number of benzene rings is 1. The van der Waals surface area contributed by atoms with Crippen LogP contribution in [0.25, 0.3) is 0 Å². The molecule has 0 bridgehead atoms. The molecule has 0 aromatic heterocycles. The maximum Gasteiger partial charge on any atom is 0.232 e. The van der Waals surface area contributed by atoms with Gasteiger partial charge in [0.1, 0.15) is 0 Å². The summed E-state index contributed by atoms with van der Waals surface area (Å²) in [5.41, 5.74) is 0.0769. The fraction of sp³-hybridized carbons (Fsp3) is 0.400. The van der Waals surface area contributed by atoms with E-state index < -0.39 is 19.9 Å². The van der Waals surface area contributed by atoms with Gasteiger partial charge in [-0.15, -0.1) is 0 Å². The van der Waals surface area contributed by atoms with E-state index in [1.54, 1.807) is 6.92 Å². The van der Waals surface area contributed by atoms with E-state index in [9.17, 15) is 16.8 Å². The Morgan fingerprint density at radius 3 is 2.33 bits per heavy atom. The van der Waals surface area contributed by atoms with Crippen molar-refractivity contribution in [3.05, 3.63) is 23.2 Å². The Morgan fingerprint density at radius 2 is 1.83 bits per heavy atom. The van der Waals surface area contributed by atoms with E-state index >= 15 is 0 Å². The lowest BCUT2D eigenvalue weighted by atomic mass is 10.3. The van der Waals surface area contributed by atoms with E-state index in [4.69, 9.17) is 11.6 Å². The summed E-state index contributed by atoms with van der Waals surface area (Å²) in [6.45, 7) is 1.73. The van der Waals surface area contributed by atoms with Crippen molar-refractivity contribution in [1.29, 1.82) is 0 Å². The lowest BCUT2D eigenvalue weighted by molar-refractivity contribution is 0.598. The maximum atomic E-state index is 11.6. The molecule has 0 aliphatic carbocycles. The van der Waals surface area contributed by atoms with Crippen LogP contribution >= 0.6 is 11.6 Å². The van der Waals surface area contributed by atoms with Gasteiger partial charge >= 0.3 is 0 Å². The molecular weight excluding hydrogens is 298 g/mol. The third-order valence-corrected chi connectivity index (χ3v) is 5.02. The second-order valence-corrected chi connectivity index (χ2v) is 8.10. The van der Waals surface area contributed by atoms with Crippen molar-refractivity contribution in [2.75, 3.05) is 16.7 Å². The predicted octanol–water partition coefficient (Wildman–Crippen LogP) is 1.90. The van der Waals surface area contributed by atoms with Crippen molar-refractivity contribution in [3.63, 3.8) is 0 Å². The Balaban J connectivity index is 3.18. The normalized spacial score (nSPS) is 12.4. The summed E-state index contributed by atoms with van der Waals surface area (Å²) in [5.74, 6) is -0.0492. The number of rotatable bonds is 5. The summed E-state index contributed by atoms with van der Waals surface area (Å²) in [7, 11) is -6.90. The molecule has 0 saturated carbocycles.